The van der Waals surface area contributed by atoms with E-state index in [4.69, 9.17) is 0 Å². The van der Waals surface area contributed by atoms with Crippen LogP contribution in [-0.4, -0.2) is 11.9 Å². The predicted molar refractivity (Wildman–Crippen MR) is 77.8 cm³/mol. The Hall–Kier alpha value is -1.98. The summed E-state index contributed by atoms with van der Waals surface area (Å²) in [5.41, 5.74) is 0. The Morgan fingerprint density at radius 1 is 0.895 bits per heavy atom. The number of esters is 2. The number of ether oxygens (including phenoxy) is 1. The van der Waals surface area contributed by atoms with E-state index in [0.717, 1.165) is 9.75 Å². The van der Waals surface area contributed by atoms with Gasteiger partial charge in [-0.2, -0.15) is 0 Å². The molecule has 0 radical (unpaired) electrons. The quantitative estimate of drug-likeness (QED) is 0.491. The summed E-state index contributed by atoms with van der Waals surface area (Å²) < 4.78 is 4.60. The smallest absolute Gasteiger partial charge is 0.338 e. The van der Waals surface area contributed by atoms with E-state index in [2.05, 4.69) is 4.74 Å². The molecule has 19 heavy (non-hydrogen) atoms. The molecule has 0 bridgehead atoms. The number of hydrogen-bond donors (Lipinski definition) is 0. The van der Waals surface area contributed by atoms with E-state index in [1.165, 1.54) is 34.8 Å². The van der Waals surface area contributed by atoms with E-state index in [-0.39, 0.29) is 0 Å². The molecular weight excluding hydrogens is 280 g/mol. The number of rotatable bonds is 4. The number of carbonyl (C=O) groups is 2. The van der Waals surface area contributed by atoms with Crippen LogP contribution in [0.3, 0.4) is 0 Å². The number of carbonyl (C=O) groups excluding carboxylic acids is 2. The minimum absolute atomic E-state index is 0.672. The second kappa shape index (κ2) is 6.82. The van der Waals surface area contributed by atoms with E-state index >= 15 is 0 Å². The molecule has 0 saturated heterocycles. The molecule has 0 aliphatic rings. The van der Waals surface area contributed by atoms with Crippen LogP contribution in [0.15, 0.2) is 47.2 Å². The molecule has 0 N–H and O–H groups in total. The predicted octanol–water partition coefficient (Wildman–Crippen LogP) is 3.61. The lowest BCUT2D eigenvalue weighted by molar-refractivity contribution is -0.152. The second-order valence-corrected chi connectivity index (χ2v) is 5.40. The molecule has 0 aliphatic carbocycles. The summed E-state index contributed by atoms with van der Waals surface area (Å²) in [5, 5.41) is 3.81. The monoisotopic (exact) mass is 290 g/mol. The Morgan fingerprint density at radius 2 is 1.37 bits per heavy atom. The zero-order valence-electron chi connectivity index (χ0n) is 9.81. The van der Waals surface area contributed by atoms with Gasteiger partial charge in [0.2, 0.25) is 0 Å². The summed E-state index contributed by atoms with van der Waals surface area (Å²) in [6.07, 6.45) is 5.71. The fourth-order valence-electron chi connectivity index (χ4n) is 1.24. The van der Waals surface area contributed by atoms with Crippen LogP contribution in [0, 0.1) is 0 Å². The minimum Gasteiger partial charge on any atom is -0.387 e. The molecule has 0 aliphatic heterocycles. The van der Waals surface area contributed by atoms with E-state index < -0.39 is 11.9 Å². The van der Waals surface area contributed by atoms with Gasteiger partial charge in [-0.25, -0.2) is 9.59 Å². The molecule has 0 saturated carbocycles. The summed E-state index contributed by atoms with van der Waals surface area (Å²) in [5.74, 6) is -1.34. The first-order chi connectivity index (χ1) is 9.24. The summed E-state index contributed by atoms with van der Waals surface area (Å²) >= 11 is 3.00. The summed E-state index contributed by atoms with van der Waals surface area (Å²) in [6.45, 7) is 0. The molecule has 2 aromatic heterocycles. The highest BCUT2D eigenvalue weighted by Gasteiger charge is 2.03. The van der Waals surface area contributed by atoms with Crippen molar-refractivity contribution in [3.8, 4) is 0 Å². The molecule has 2 heterocycles. The van der Waals surface area contributed by atoms with Gasteiger partial charge in [-0.1, -0.05) is 12.1 Å². The average molecular weight is 290 g/mol. The van der Waals surface area contributed by atoms with Crippen LogP contribution in [0.5, 0.6) is 0 Å². The molecule has 0 spiro atoms. The van der Waals surface area contributed by atoms with E-state index in [0.29, 0.717) is 0 Å². The van der Waals surface area contributed by atoms with Crippen LogP contribution >= 0.6 is 22.7 Å². The van der Waals surface area contributed by atoms with E-state index in [1.807, 2.05) is 35.0 Å². The summed E-state index contributed by atoms with van der Waals surface area (Å²) in [4.78, 5) is 24.6. The first kappa shape index (κ1) is 13.5. The van der Waals surface area contributed by atoms with Gasteiger partial charge in [0.25, 0.3) is 0 Å². The maximum absolute atomic E-state index is 11.4. The zero-order valence-corrected chi connectivity index (χ0v) is 11.4. The van der Waals surface area contributed by atoms with Crippen molar-refractivity contribution in [3.05, 3.63) is 56.9 Å². The third-order valence-corrected chi connectivity index (χ3v) is 3.73. The molecule has 5 heteroatoms. The van der Waals surface area contributed by atoms with Gasteiger partial charge in [0, 0.05) is 21.9 Å². The van der Waals surface area contributed by atoms with Crippen LogP contribution in [-0.2, 0) is 14.3 Å². The van der Waals surface area contributed by atoms with Gasteiger partial charge < -0.3 is 4.74 Å². The lowest BCUT2D eigenvalue weighted by atomic mass is 10.4. The molecule has 0 atom stereocenters. The molecule has 2 rings (SSSR count). The standard InChI is InChI=1S/C14H10O3S2/c15-13(7-5-11-3-1-9-18-11)17-14(16)8-6-12-4-2-10-19-12/h1-10H. The van der Waals surface area contributed by atoms with Gasteiger partial charge in [0.15, 0.2) is 0 Å². The first-order valence-corrected chi connectivity index (χ1v) is 7.19. The molecule has 3 nitrogen and oxygen atoms in total. The van der Waals surface area contributed by atoms with E-state index in [1.54, 1.807) is 12.2 Å². The molecule has 0 fully saturated rings. The fourth-order valence-corrected chi connectivity index (χ4v) is 2.48. The molecule has 2 aromatic rings. The van der Waals surface area contributed by atoms with Crippen molar-refractivity contribution in [1.82, 2.24) is 0 Å². The zero-order chi connectivity index (χ0) is 13.5. The highest BCUT2D eigenvalue weighted by molar-refractivity contribution is 7.11. The van der Waals surface area contributed by atoms with Crippen molar-refractivity contribution in [2.45, 2.75) is 0 Å². The SMILES string of the molecule is O=C(C=Cc1cccs1)OC(=O)C=Cc1cccs1. The minimum atomic E-state index is -0.672. The maximum Gasteiger partial charge on any atom is 0.338 e. The first-order valence-electron chi connectivity index (χ1n) is 5.43. The van der Waals surface area contributed by atoms with Crippen LogP contribution in [0.2, 0.25) is 0 Å². The number of thiophene rings is 2. The van der Waals surface area contributed by atoms with Crippen molar-refractivity contribution in [2.24, 2.45) is 0 Å². The summed E-state index contributed by atoms with van der Waals surface area (Å²) in [7, 11) is 0. The lowest BCUT2D eigenvalue weighted by Crippen LogP contribution is -2.06. The van der Waals surface area contributed by atoms with Crippen LogP contribution in [0.25, 0.3) is 12.2 Å². The van der Waals surface area contributed by atoms with Gasteiger partial charge in [-0.05, 0) is 35.0 Å². The van der Waals surface area contributed by atoms with E-state index in [9.17, 15) is 9.59 Å². The molecule has 96 valence electrons. The molecular formula is C14H10O3S2. The lowest BCUT2D eigenvalue weighted by Gasteiger charge is -1.93. The van der Waals surface area contributed by atoms with Crippen molar-refractivity contribution in [2.75, 3.05) is 0 Å². The summed E-state index contributed by atoms with van der Waals surface area (Å²) in [6, 6.07) is 7.50. The third-order valence-electron chi connectivity index (χ3n) is 2.05. The Bertz CT molecular complexity index is 538. The van der Waals surface area contributed by atoms with Crippen molar-refractivity contribution < 1.29 is 14.3 Å². The average Bonchev–Trinajstić information content (AvgIpc) is 3.07. The van der Waals surface area contributed by atoms with Crippen LogP contribution in [0.4, 0.5) is 0 Å². The third kappa shape index (κ3) is 4.65. The van der Waals surface area contributed by atoms with Gasteiger partial charge in [-0.3, -0.25) is 0 Å². The van der Waals surface area contributed by atoms with Gasteiger partial charge in [-0.15, -0.1) is 22.7 Å². The normalized spacial score (nSPS) is 11.2. The Kier molecular flexibility index (Phi) is 4.83. The Morgan fingerprint density at radius 3 is 1.74 bits per heavy atom. The second-order valence-electron chi connectivity index (χ2n) is 3.44. The highest BCUT2D eigenvalue weighted by atomic mass is 32.1. The van der Waals surface area contributed by atoms with Gasteiger partial charge in [0.1, 0.15) is 0 Å². The molecule has 0 amide bonds. The number of hydrogen-bond acceptors (Lipinski definition) is 5. The molecule has 0 aromatic carbocycles. The Balaban J connectivity index is 1.83. The Labute approximate surface area is 118 Å². The van der Waals surface area contributed by atoms with Gasteiger partial charge in [0.05, 0.1) is 0 Å². The van der Waals surface area contributed by atoms with Crippen molar-refractivity contribution in [3.63, 3.8) is 0 Å². The van der Waals surface area contributed by atoms with Crippen LogP contribution in [0.1, 0.15) is 9.75 Å². The van der Waals surface area contributed by atoms with Crippen molar-refractivity contribution >= 4 is 46.8 Å². The largest absolute Gasteiger partial charge is 0.387 e. The molecule has 0 unspecified atom stereocenters. The highest BCUT2D eigenvalue weighted by Crippen LogP contribution is 2.11. The maximum atomic E-state index is 11.4. The van der Waals surface area contributed by atoms with Crippen molar-refractivity contribution in [1.29, 1.82) is 0 Å². The van der Waals surface area contributed by atoms with Crippen LogP contribution < -0.4 is 0 Å². The fraction of sp³-hybridized carbons (Fsp3) is 0. The van der Waals surface area contributed by atoms with Gasteiger partial charge >= 0.3 is 11.9 Å². The topological polar surface area (TPSA) is 43.4 Å².